The van der Waals surface area contributed by atoms with E-state index in [0.29, 0.717) is 0 Å². The van der Waals surface area contributed by atoms with E-state index >= 15 is 0 Å². The van der Waals surface area contributed by atoms with Gasteiger partial charge in [0, 0.05) is 12.5 Å². The number of carboxylic acid groups (broad SMARTS) is 1. The Morgan fingerprint density at radius 2 is 1.88 bits per heavy atom. The molecule has 0 aromatic heterocycles. The molecule has 0 aromatic rings. The third-order valence-electron chi connectivity index (χ3n) is 2.33. The molecule has 0 rings (SSSR count). The summed E-state index contributed by atoms with van der Waals surface area (Å²) < 4.78 is 0. The Labute approximate surface area is 94.8 Å². The van der Waals surface area contributed by atoms with Gasteiger partial charge in [0.2, 0.25) is 5.91 Å². The average Bonchev–Trinajstić information content (AvgIpc) is 2.11. The zero-order chi connectivity index (χ0) is 12.9. The minimum Gasteiger partial charge on any atom is -0.480 e. The molecule has 0 saturated heterocycles. The fourth-order valence-electron chi connectivity index (χ4n) is 0.945. The molecule has 0 bridgehead atoms. The molecule has 0 radical (unpaired) electrons. The summed E-state index contributed by atoms with van der Waals surface area (Å²) in [7, 11) is 0. The Morgan fingerprint density at radius 1 is 1.38 bits per heavy atom. The van der Waals surface area contributed by atoms with E-state index in [1.165, 1.54) is 0 Å². The molecule has 0 aliphatic carbocycles. The first-order chi connectivity index (χ1) is 7.18. The number of aliphatic carboxylic acids is 1. The van der Waals surface area contributed by atoms with Gasteiger partial charge in [-0.05, 0) is 5.41 Å². The molecule has 0 heterocycles. The van der Waals surface area contributed by atoms with E-state index in [2.05, 4.69) is 5.32 Å². The average molecular weight is 232 g/mol. The lowest BCUT2D eigenvalue weighted by molar-refractivity contribution is -0.143. The number of amides is 1. The van der Waals surface area contributed by atoms with Gasteiger partial charge < -0.3 is 21.3 Å². The SMILES string of the molecule is CC(C)(C)C(N)CC(=O)NC(CO)C(=O)O. The fraction of sp³-hybridized carbons (Fsp3) is 0.800. The van der Waals surface area contributed by atoms with Crippen molar-refractivity contribution in [3.05, 3.63) is 0 Å². The van der Waals surface area contributed by atoms with Crippen molar-refractivity contribution in [2.45, 2.75) is 39.3 Å². The zero-order valence-corrected chi connectivity index (χ0v) is 9.86. The van der Waals surface area contributed by atoms with Crippen LogP contribution in [0.2, 0.25) is 0 Å². The van der Waals surface area contributed by atoms with E-state index in [1.54, 1.807) is 0 Å². The van der Waals surface area contributed by atoms with Crippen LogP contribution >= 0.6 is 0 Å². The van der Waals surface area contributed by atoms with Crippen molar-refractivity contribution in [2.24, 2.45) is 11.1 Å². The summed E-state index contributed by atoms with van der Waals surface area (Å²) in [6.45, 7) is 5.05. The number of nitrogens with one attached hydrogen (secondary N) is 1. The monoisotopic (exact) mass is 232 g/mol. The molecule has 2 unspecified atom stereocenters. The molecule has 0 aliphatic rings. The minimum absolute atomic E-state index is 0.0350. The van der Waals surface area contributed by atoms with Crippen LogP contribution in [0.15, 0.2) is 0 Å². The number of hydrogen-bond acceptors (Lipinski definition) is 4. The van der Waals surface area contributed by atoms with Crippen LogP contribution in [0.5, 0.6) is 0 Å². The molecule has 2 atom stereocenters. The quantitative estimate of drug-likeness (QED) is 0.501. The highest BCUT2D eigenvalue weighted by atomic mass is 16.4. The van der Waals surface area contributed by atoms with Crippen LogP contribution in [0.1, 0.15) is 27.2 Å². The first-order valence-corrected chi connectivity index (χ1v) is 5.07. The number of carbonyl (C=O) groups is 2. The number of rotatable bonds is 5. The van der Waals surface area contributed by atoms with Gasteiger partial charge in [-0.1, -0.05) is 20.8 Å². The predicted octanol–water partition coefficient (Wildman–Crippen LogP) is -0.688. The van der Waals surface area contributed by atoms with Gasteiger partial charge in [-0.3, -0.25) is 4.79 Å². The van der Waals surface area contributed by atoms with Crippen LogP contribution in [0.3, 0.4) is 0 Å². The summed E-state index contributed by atoms with van der Waals surface area (Å²) >= 11 is 0. The van der Waals surface area contributed by atoms with Crippen molar-refractivity contribution in [2.75, 3.05) is 6.61 Å². The molecule has 16 heavy (non-hydrogen) atoms. The highest BCUT2D eigenvalue weighted by molar-refractivity contribution is 5.83. The Morgan fingerprint density at radius 3 is 2.19 bits per heavy atom. The Balaban J connectivity index is 4.23. The molecular formula is C10H20N2O4. The molecular weight excluding hydrogens is 212 g/mol. The number of aliphatic hydroxyl groups is 1. The van der Waals surface area contributed by atoms with Gasteiger partial charge >= 0.3 is 5.97 Å². The number of aliphatic hydroxyl groups excluding tert-OH is 1. The summed E-state index contributed by atoms with van der Waals surface area (Å²) in [5.41, 5.74) is 5.55. The Kier molecular flexibility index (Phi) is 5.40. The van der Waals surface area contributed by atoms with Crippen molar-refractivity contribution >= 4 is 11.9 Å². The molecule has 0 fully saturated rings. The van der Waals surface area contributed by atoms with Crippen molar-refractivity contribution in [3.8, 4) is 0 Å². The van der Waals surface area contributed by atoms with E-state index < -0.39 is 24.5 Å². The Bertz CT molecular complexity index is 260. The molecule has 6 heteroatoms. The third-order valence-corrected chi connectivity index (χ3v) is 2.33. The van der Waals surface area contributed by atoms with E-state index in [4.69, 9.17) is 15.9 Å². The lowest BCUT2D eigenvalue weighted by atomic mass is 9.85. The Hall–Kier alpha value is -1.14. The summed E-state index contributed by atoms with van der Waals surface area (Å²) in [6.07, 6.45) is 0.0350. The summed E-state index contributed by atoms with van der Waals surface area (Å²) in [4.78, 5) is 22.0. The van der Waals surface area contributed by atoms with Gasteiger partial charge in [-0.15, -0.1) is 0 Å². The standard InChI is InChI=1S/C10H20N2O4/c1-10(2,3)7(11)4-8(14)12-6(5-13)9(15)16/h6-7,13H,4-5,11H2,1-3H3,(H,12,14)(H,15,16). The van der Waals surface area contributed by atoms with Crippen LogP contribution in [-0.4, -0.2) is 40.8 Å². The second-order valence-corrected chi connectivity index (χ2v) is 4.82. The molecule has 0 aromatic carbocycles. The van der Waals surface area contributed by atoms with Crippen LogP contribution in [0, 0.1) is 5.41 Å². The molecule has 6 nitrogen and oxygen atoms in total. The second kappa shape index (κ2) is 5.81. The predicted molar refractivity (Wildman–Crippen MR) is 58.7 cm³/mol. The van der Waals surface area contributed by atoms with E-state index in [1.807, 2.05) is 20.8 Å². The molecule has 0 spiro atoms. The van der Waals surface area contributed by atoms with Crippen molar-refractivity contribution in [1.29, 1.82) is 0 Å². The number of carboxylic acids is 1. The minimum atomic E-state index is -1.26. The number of hydrogen-bond donors (Lipinski definition) is 4. The number of nitrogens with two attached hydrogens (primary N) is 1. The summed E-state index contributed by atoms with van der Waals surface area (Å²) in [5, 5.41) is 19.5. The summed E-state index contributed by atoms with van der Waals surface area (Å²) in [5.74, 6) is -1.73. The molecule has 5 N–H and O–H groups in total. The van der Waals surface area contributed by atoms with Crippen LogP contribution in [-0.2, 0) is 9.59 Å². The smallest absolute Gasteiger partial charge is 0.328 e. The normalized spacial score (nSPS) is 15.3. The van der Waals surface area contributed by atoms with Gasteiger partial charge in [0.25, 0.3) is 0 Å². The van der Waals surface area contributed by atoms with Gasteiger partial charge in [-0.25, -0.2) is 4.79 Å². The van der Waals surface area contributed by atoms with E-state index in [9.17, 15) is 9.59 Å². The maximum absolute atomic E-state index is 11.4. The van der Waals surface area contributed by atoms with Crippen molar-refractivity contribution in [3.63, 3.8) is 0 Å². The zero-order valence-electron chi connectivity index (χ0n) is 9.86. The van der Waals surface area contributed by atoms with E-state index in [-0.39, 0.29) is 17.9 Å². The molecule has 0 saturated carbocycles. The van der Waals surface area contributed by atoms with Gasteiger partial charge in [0.15, 0.2) is 0 Å². The van der Waals surface area contributed by atoms with Crippen molar-refractivity contribution < 1.29 is 19.8 Å². The van der Waals surface area contributed by atoms with E-state index in [0.717, 1.165) is 0 Å². The highest BCUT2D eigenvalue weighted by Crippen LogP contribution is 2.19. The first-order valence-electron chi connectivity index (χ1n) is 5.07. The summed E-state index contributed by atoms with van der Waals surface area (Å²) in [6, 6.07) is -1.62. The van der Waals surface area contributed by atoms with Crippen molar-refractivity contribution in [1.82, 2.24) is 5.32 Å². The number of carbonyl (C=O) groups excluding carboxylic acids is 1. The van der Waals surface area contributed by atoms with Crippen LogP contribution in [0.25, 0.3) is 0 Å². The topological polar surface area (TPSA) is 113 Å². The lowest BCUT2D eigenvalue weighted by Crippen LogP contribution is -2.47. The van der Waals surface area contributed by atoms with Gasteiger partial charge in [-0.2, -0.15) is 0 Å². The highest BCUT2D eigenvalue weighted by Gasteiger charge is 2.25. The third kappa shape index (κ3) is 5.09. The van der Waals surface area contributed by atoms with Gasteiger partial charge in [0.1, 0.15) is 6.04 Å². The molecule has 94 valence electrons. The molecule has 0 aliphatic heterocycles. The fourth-order valence-corrected chi connectivity index (χ4v) is 0.945. The first kappa shape index (κ1) is 14.9. The maximum atomic E-state index is 11.4. The second-order valence-electron chi connectivity index (χ2n) is 4.82. The van der Waals surface area contributed by atoms with Gasteiger partial charge in [0.05, 0.1) is 6.61 Å². The lowest BCUT2D eigenvalue weighted by Gasteiger charge is -2.26. The maximum Gasteiger partial charge on any atom is 0.328 e. The molecule has 1 amide bonds. The van der Waals surface area contributed by atoms with Crippen LogP contribution < -0.4 is 11.1 Å². The van der Waals surface area contributed by atoms with Crippen LogP contribution in [0.4, 0.5) is 0 Å². The largest absolute Gasteiger partial charge is 0.480 e.